The number of aryl methyl sites for hydroxylation is 1. The second-order valence-electron chi connectivity index (χ2n) is 7.39. The number of aromatic carboxylic acids is 1. The maximum absolute atomic E-state index is 12.2. The van der Waals surface area contributed by atoms with Gasteiger partial charge >= 0.3 is 11.9 Å². The second kappa shape index (κ2) is 8.48. The number of nitriles is 1. The number of nitrogens with zero attached hydrogens (tertiary/aromatic N) is 3. The molecule has 33 heavy (non-hydrogen) atoms. The molecule has 0 aliphatic heterocycles. The van der Waals surface area contributed by atoms with E-state index in [4.69, 9.17) is 10.5 Å². The first-order valence-corrected chi connectivity index (χ1v) is 10.1. The van der Waals surface area contributed by atoms with E-state index in [9.17, 15) is 20.0 Å². The molecule has 4 rings (SSSR count). The number of esters is 1. The summed E-state index contributed by atoms with van der Waals surface area (Å²) in [5.41, 5.74) is 9.82. The van der Waals surface area contributed by atoms with Crippen molar-refractivity contribution in [3.63, 3.8) is 0 Å². The van der Waals surface area contributed by atoms with E-state index in [0.29, 0.717) is 27.8 Å². The highest BCUT2D eigenvalue weighted by Gasteiger charge is 2.22. The molecule has 0 aliphatic rings. The molecule has 2 heterocycles. The minimum atomic E-state index is -1.02. The fourth-order valence-corrected chi connectivity index (χ4v) is 3.73. The van der Waals surface area contributed by atoms with Crippen molar-refractivity contribution in [2.45, 2.75) is 13.3 Å². The van der Waals surface area contributed by atoms with Crippen LogP contribution in [-0.4, -0.2) is 33.7 Å². The zero-order valence-corrected chi connectivity index (χ0v) is 18.0. The normalized spacial score (nSPS) is 10.7. The van der Waals surface area contributed by atoms with E-state index in [0.717, 1.165) is 12.0 Å². The van der Waals surface area contributed by atoms with Gasteiger partial charge in [0.25, 0.3) is 0 Å². The molecule has 2 aromatic carbocycles. The molecule has 0 fully saturated rings. The Kier molecular flexibility index (Phi) is 5.54. The summed E-state index contributed by atoms with van der Waals surface area (Å²) in [4.78, 5) is 28.8. The predicted molar refractivity (Wildman–Crippen MR) is 123 cm³/mol. The number of anilines is 1. The van der Waals surface area contributed by atoms with E-state index in [1.807, 2.05) is 31.2 Å². The maximum atomic E-state index is 12.2. The summed E-state index contributed by atoms with van der Waals surface area (Å²) in [7, 11) is 1.24. The van der Waals surface area contributed by atoms with E-state index in [1.54, 1.807) is 30.3 Å². The van der Waals surface area contributed by atoms with Gasteiger partial charge in [-0.25, -0.2) is 14.6 Å². The minimum Gasteiger partial charge on any atom is -0.478 e. The van der Waals surface area contributed by atoms with Gasteiger partial charge in [-0.15, -0.1) is 0 Å². The lowest BCUT2D eigenvalue weighted by molar-refractivity contribution is 0.0592. The van der Waals surface area contributed by atoms with Gasteiger partial charge in [0.05, 0.1) is 35.1 Å². The average Bonchev–Trinajstić information content (AvgIpc) is 3.18. The van der Waals surface area contributed by atoms with Crippen LogP contribution in [0.1, 0.15) is 38.9 Å². The van der Waals surface area contributed by atoms with Crippen LogP contribution in [0.5, 0.6) is 0 Å². The van der Waals surface area contributed by atoms with Gasteiger partial charge in [-0.05, 0) is 42.3 Å². The Hall–Kier alpha value is -4.64. The van der Waals surface area contributed by atoms with E-state index in [-0.39, 0.29) is 22.5 Å². The lowest BCUT2D eigenvalue weighted by Gasteiger charge is -2.11. The number of nitrogens with two attached hydrogens (primary N) is 1. The van der Waals surface area contributed by atoms with E-state index in [1.165, 1.54) is 17.9 Å². The van der Waals surface area contributed by atoms with Gasteiger partial charge in [0.2, 0.25) is 0 Å². The number of aromatic nitrogens is 2. The number of fused-ring (bicyclic) bond motifs is 1. The largest absolute Gasteiger partial charge is 0.478 e. The van der Waals surface area contributed by atoms with Crippen molar-refractivity contribution in [1.82, 2.24) is 9.55 Å². The Labute approximate surface area is 189 Å². The van der Waals surface area contributed by atoms with Crippen LogP contribution < -0.4 is 5.73 Å². The number of ether oxygens (including phenoxy) is 1. The standard InChI is InChI=1S/C25H20N4O4/c1-3-14-4-9-20-18(10-14)19(24(30)31)11-21(28-20)15-5-7-17(8-6-15)29-13-16(12-26)22(27)23(29)25(32)33-2/h4-11,13H,3,27H2,1-2H3,(H,30,31). The topological polar surface area (TPSA) is 131 Å². The van der Waals surface area contributed by atoms with Crippen LogP contribution in [-0.2, 0) is 11.2 Å². The zero-order chi connectivity index (χ0) is 23.7. The molecule has 0 aliphatic carbocycles. The Morgan fingerprint density at radius 1 is 1.18 bits per heavy atom. The zero-order valence-electron chi connectivity index (χ0n) is 18.0. The minimum absolute atomic E-state index is 0.0437. The van der Waals surface area contributed by atoms with Crippen molar-refractivity contribution in [2.75, 3.05) is 12.8 Å². The van der Waals surface area contributed by atoms with Crippen molar-refractivity contribution in [1.29, 1.82) is 5.26 Å². The number of hydrogen-bond acceptors (Lipinski definition) is 6. The fourth-order valence-electron chi connectivity index (χ4n) is 3.73. The van der Waals surface area contributed by atoms with Crippen LogP contribution in [0.2, 0.25) is 0 Å². The predicted octanol–water partition coefficient (Wildman–Crippen LogP) is 4.19. The van der Waals surface area contributed by atoms with Gasteiger partial charge in [0.1, 0.15) is 6.07 Å². The van der Waals surface area contributed by atoms with Gasteiger partial charge in [-0.2, -0.15) is 5.26 Å². The first-order valence-electron chi connectivity index (χ1n) is 10.1. The maximum Gasteiger partial charge on any atom is 0.357 e. The smallest absolute Gasteiger partial charge is 0.357 e. The number of nitrogen functional groups attached to an aromatic ring is 1. The quantitative estimate of drug-likeness (QED) is 0.445. The number of carbonyl (C=O) groups is 2. The van der Waals surface area contributed by atoms with Gasteiger partial charge < -0.3 is 20.1 Å². The van der Waals surface area contributed by atoms with E-state index < -0.39 is 11.9 Å². The molecule has 0 atom stereocenters. The first kappa shape index (κ1) is 21.6. The van der Waals surface area contributed by atoms with Gasteiger partial charge in [0.15, 0.2) is 5.69 Å². The van der Waals surface area contributed by atoms with Gasteiger partial charge in [0, 0.05) is 22.8 Å². The van der Waals surface area contributed by atoms with Crippen LogP contribution in [0.25, 0.3) is 27.8 Å². The fraction of sp³-hybridized carbons (Fsp3) is 0.120. The van der Waals surface area contributed by atoms with Crippen LogP contribution in [0.15, 0.2) is 54.7 Å². The molecule has 8 nitrogen and oxygen atoms in total. The Morgan fingerprint density at radius 2 is 1.91 bits per heavy atom. The number of carboxylic acid groups (broad SMARTS) is 1. The van der Waals surface area contributed by atoms with Crippen LogP contribution in [0.3, 0.4) is 0 Å². The molecule has 8 heteroatoms. The monoisotopic (exact) mass is 440 g/mol. The summed E-state index contributed by atoms with van der Waals surface area (Å²) < 4.78 is 6.30. The van der Waals surface area contributed by atoms with Crippen molar-refractivity contribution < 1.29 is 19.4 Å². The van der Waals surface area contributed by atoms with Crippen molar-refractivity contribution in [2.24, 2.45) is 0 Å². The molecule has 0 unspecified atom stereocenters. The highest BCUT2D eigenvalue weighted by Crippen LogP contribution is 2.29. The molecule has 0 radical (unpaired) electrons. The molecule has 0 amide bonds. The Bertz CT molecular complexity index is 1450. The number of methoxy groups -OCH3 is 1. The summed E-state index contributed by atoms with van der Waals surface area (Å²) in [5.74, 6) is -1.69. The molecule has 2 aromatic heterocycles. The molecule has 3 N–H and O–H groups in total. The molecule has 0 spiro atoms. The third-order valence-corrected chi connectivity index (χ3v) is 5.50. The van der Waals surface area contributed by atoms with Gasteiger partial charge in [-0.3, -0.25) is 0 Å². The first-order chi connectivity index (χ1) is 15.9. The highest BCUT2D eigenvalue weighted by atomic mass is 16.5. The molecular weight excluding hydrogens is 420 g/mol. The third kappa shape index (κ3) is 3.77. The summed E-state index contributed by atoms with van der Waals surface area (Å²) in [5, 5.41) is 19.6. The SMILES string of the molecule is CCc1ccc2nc(-c3ccc(-n4cc(C#N)c(N)c4C(=O)OC)cc3)cc(C(=O)O)c2c1. The average molecular weight is 440 g/mol. The number of benzene rings is 2. The van der Waals surface area contributed by atoms with Crippen molar-refractivity contribution in [3.8, 4) is 23.0 Å². The molecular formula is C25H20N4O4. The summed E-state index contributed by atoms with van der Waals surface area (Å²) >= 11 is 0. The third-order valence-electron chi connectivity index (χ3n) is 5.50. The number of carbonyl (C=O) groups excluding carboxylic acids is 1. The van der Waals surface area contributed by atoms with Crippen molar-refractivity contribution >= 4 is 28.5 Å². The molecule has 0 saturated heterocycles. The molecule has 4 aromatic rings. The van der Waals surface area contributed by atoms with E-state index >= 15 is 0 Å². The Balaban J connectivity index is 1.81. The van der Waals surface area contributed by atoms with Crippen LogP contribution in [0.4, 0.5) is 5.69 Å². The Morgan fingerprint density at radius 3 is 2.52 bits per heavy atom. The van der Waals surface area contributed by atoms with Crippen LogP contribution >= 0.6 is 0 Å². The lowest BCUT2D eigenvalue weighted by Crippen LogP contribution is -2.11. The second-order valence-corrected chi connectivity index (χ2v) is 7.39. The molecule has 164 valence electrons. The number of carboxylic acids is 1. The number of rotatable bonds is 5. The van der Waals surface area contributed by atoms with Crippen molar-refractivity contribution in [3.05, 3.63) is 77.1 Å². The molecule has 0 saturated carbocycles. The summed E-state index contributed by atoms with van der Waals surface area (Å²) in [6.07, 6.45) is 2.27. The van der Waals surface area contributed by atoms with E-state index in [2.05, 4.69) is 4.98 Å². The van der Waals surface area contributed by atoms with Gasteiger partial charge in [-0.1, -0.05) is 25.1 Å². The summed E-state index contributed by atoms with van der Waals surface area (Å²) in [6.45, 7) is 2.01. The van der Waals surface area contributed by atoms with Crippen LogP contribution in [0, 0.1) is 11.3 Å². The summed E-state index contributed by atoms with van der Waals surface area (Å²) in [6, 6.07) is 16.1. The molecule has 0 bridgehead atoms. The number of pyridine rings is 1. The number of hydrogen-bond donors (Lipinski definition) is 2. The highest BCUT2D eigenvalue weighted by molar-refractivity contribution is 6.04. The lowest BCUT2D eigenvalue weighted by atomic mass is 10.0.